The number of rotatable bonds is 6. The number of amides is 1. The second kappa shape index (κ2) is 8.44. The summed E-state index contributed by atoms with van der Waals surface area (Å²) in [7, 11) is 2.18. The van der Waals surface area contributed by atoms with Gasteiger partial charge < -0.3 is 10.2 Å². The van der Waals surface area contributed by atoms with Crippen LogP contribution in [0.1, 0.15) is 41.3 Å². The lowest BCUT2D eigenvalue weighted by molar-refractivity contribution is -0.120. The number of carbonyl (C=O) groups is 1. The fourth-order valence-corrected chi connectivity index (χ4v) is 5.07. The lowest BCUT2D eigenvalue weighted by Crippen LogP contribution is -2.37. The Labute approximate surface area is 166 Å². The molecule has 3 heterocycles. The Hall–Kier alpha value is -1.85. The van der Waals surface area contributed by atoms with Crippen molar-refractivity contribution in [2.75, 3.05) is 38.1 Å². The molecule has 2 aromatic rings. The molecule has 1 aromatic heterocycles. The van der Waals surface area contributed by atoms with Gasteiger partial charge in [0.15, 0.2) is 0 Å². The van der Waals surface area contributed by atoms with Gasteiger partial charge in [-0.25, -0.2) is 0 Å². The topological polar surface area (TPSA) is 35.6 Å². The average Bonchev–Trinajstić information content (AvgIpc) is 3.36. The summed E-state index contributed by atoms with van der Waals surface area (Å²) in [5.74, 6) is 0.124. The summed E-state index contributed by atoms with van der Waals surface area (Å²) >= 11 is 1.65. The molecular formula is C22H29N3OS. The molecule has 0 spiro atoms. The molecule has 144 valence electrons. The van der Waals surface area contributed by atoms with Gasteiger partial charge in [0.25, 0.3) is 0 Å². The van der Waals surface area contributed by atoms with Crippen molar-refractivity contribution in [1.29, 1.82) is 0 Å². The molecule has 4 rings (SSSR count). The summed E-state index contributed by atoms with van der Waals surface area (Å²) in [6.45, 7) is 4.09. The molecule has 1 aromatic carbocycles. The minimum Gasteiger partial charge on any atom is -0.374 e. The van der Waals surface area contributed by atoms with Gasteiger partial charge in [0.2, 0.25) is 5.91 Å². The molecule has 1 N–H and O–H groups in total. The summed E-state index contributed by atoms with van der Waals surface area (Å²) < 4.78 is 0. The number of nitrogens with one attached hydrogen (secondary N) is 1. The number of nitrogens with zero attached hydrogens (tertiary/aromatic N) is 2. The Kier molecular flexibility index (Phi) is 5.79. The fourth-order valence-electron chi connectivity index (χ4n) is 4.37. The van der Waals surface area contributed by atoms with E-state index < -0.39 is 0 Å². The molecule has 0 radical (unpaired) electrons. The molecule has 1 amide bonds. The van der Waals surface area contributed by atoms with Gasteiger partial charge in [0.1, 0.15) is 0 Å². The summed E-state index contributed by atoms with van der Waals surface area (Å²) in [6, 6.07) is 11.2. The largest absolute Gasteiger partial charge is 0.374 e. The zero-order valence-electron chi connectivity index (χ0n) is 16.1. The molecule has 2 aliphatic heterocycles. The zero-order valence-corrected chi connectivity index (χ0v) is 16.9. The van der Waals surface area contributed by atoms with E-state index >= 15 is 0 Å². The Morgan fingerprint density at radius 3 is 2.81 bits per heavy atom. The third-order valence-corrected chi connectivity index (χ3v) is 6.70. The molecule has 0 aliphatic carbocycles. The third-order valence-electron chi connectivity index (χ3n) is 5.83. The van der Waals surface area contributed by atoms with Gasteiger partial charge in [-0.1, -0.05) is 18.2 Å². The van der Waals surface area contributed by atoms with Crippen LogP contribution in [-0.2, 0) is 17.6 Å². The quantitative estimate of drug-likeness (QED) is 0.827. The highest BCUT2D eigenvalue weighted by Crippen LogP contribution is 2.31. The Morgan fingerprint density at radius 1 is 1.19 bits per heavy atom. The van der Waals surface area contributed by atoms with E-state index in [4.69, 9.17) is 0 Å². The maximum absolute atomic E-state index is 12.4. The monoisotopic (exact) mass is 383 g/mol. The van der Waals surface area contributed by atoms with E-state index in [1.54, 1.807) is 11.3 Å². The van der Waals surface area contributed by atoms with Gasteiger partial charge >= 0.3 is 0 Å². The minimum atomic E-state index is 0.124. The number of hydrogen-bond donors (Lipinski definition) is 1. The minimum absolute atomic E-state index is 0.124. The highest BCUT2D eigenvalue weighted by atomic mass is 32.1. The smallest absolute Gasteiger partial charge is 0.225 e. The second-order valence-corrected chi connectivity index (χ2v) is 8.76. The lowest BCUT2D eigenvalue weighted by atomic mass is 9.96. The van der Waals surface area contributed by atoms with Crippen LogP contribution >= 0.6 is 11.3 Å². The molecule has 1 atom stereocenters. The van der Waals surface area contributed by atoms with Crippen LogP contribution in [-0.4, -0.2) is 44.0 Å². The first-order valence-electron chi connectivity index (χ1n) is 10.1. The molecular weight excluding hydrogens is 354 g/mol. The summed E-state index contributed by atoms with van der Waals surface area (Å²) in [4.78, 5) is 18.4. The van der Waals surface area contributed by atoms with Crippen LogP contribution < -0.4 is 10.2 Å². The highest BCUT2D eigenvalue weighted by molar-refractivity contribution is 7.10. The van der Waals surface area contributed by atoms with Crippen LogP contribution in [0.3, 0.4) is 0 Å². The van der Waals surface area contributed by atoms with Crippen molar-refractivity contribution in [3.05, 3.63) is 51.7 Å². The van der Waals surface area contributed by atoms with Crippen LogP contribution in [0.2, 0.25) is 0 Å². The van der Waals surface area contributed by atoms with Crippen molar-refractivity contribution in [2.24, 2.45) is 0 Å². The van der Waals surface area contributed by atoms with E-state index in [1.165, 1.54) is 36.1 Å². The van der Waals surface area contributed by atoms with E-state index in [1.807, 2.05) is 17.5 Å². The number of fused-ring (bicyclic) bond motifs is 1. The highest BCUT2D eigenvalue weighted by Gasteiger charge is 2.25. The van der Waals surface area contributed by atoms with Gasteiger partial charge in [-0.05, 0) is 67.4 Å². The number of hydrogen-bond acceptors (Lipinski definition) is 4. The van der Waals surface area contributed by atoms with Crippen molar-refractivity contribution in [1.82, 2.24) is 10.2 Å². The van der Waals surface area contributed by atoms with Crippen molar-refractivity contribution < 1.29 is 4.79 Å². The first-order valence-corrected chi connectivity index (χ1v) is 11.0. The Morgan fingerprint density at radius 2 is 2.04 bits per heavy atom. The van der Waals surface area contributed by atoms with Crippen molar-refractivity contribution >= 4 is 22.9 Å². The van der Waals surface area contributed by atoms with E-state index in [-0.39, 0.29) is 11.9 Å². The first kappa shape index (κ1) is 18.5. The van der Waals surface area contributed by atoms with Crippen LogP contribution in [0, 0.1) is 0 Å². The fraction of sp³-hybridized carbons (Fsp3) is 0.500. The van der Waals surface area contributed by atoms with Gasteiger partial charge in [-0.3, -0.25) is 9.69 Å². The number of benzene rings is 1. The normalized spacial score (nSPS) is 18.3. The van der Waals surface area contributed by atoms with Gasteiger partial charge in [0, 0.05) is 30.7 Å². The summed E-state index contributed by atoms with van der Waals surface area (Å²) in [5, 5.41) is 5.23. The average molecular weight is 384 g/mol. The van der Waals surface area contributed by atoms with Crippen molar-refractivity contribution in [2.45, 2.75) is 38.1 Å². The number of likely N-dealkylation sites (tertiary alicyclic amines) is 1. The van der Waals surface area contributed by atoms with Gasteiger partial charge in [0.05, 0.1) is 12.5 Å². The number of carbonyl (C=O) groups excluding carboxylic acids is 1. The number of anilines is 1. The predicted molar refractivity (Wildman–Crippen MR) is 113 cm³/mol. The molecule has 4 nitrogen and oxygen atoms in total. The SMILES string of the molecule is CN1CCCc2cc([C@H](CNC(=O)Cc3cccs3)N3CCCC3)ccc21. The predicted octanol–water partition coefficient (Wildman–Crippen LogP) is 3.63. The molecule has 0 bridgehead atoms. The van der Waals surface area contributed by atoms with E-state index in [2.05, 4.69) is 40.4 Å². The Bertz CT molecular complexity index is 768. The first-order chi connectivity index (χ1) is 13.2. The maximum Gasteiger partial charge on any atom is 0.225 e. The molecule has 1 fully saturated rings. The van der Waals surface area contributed by atoms with Crippen molar-refractivity contribution in [3.63, 3.8) is 0 Å². The van der Waals surface area contributed by atoms with Crippen LogP contribution in [0.15, 0.2) is 35.7 Å². The van der Waals surface area contributed by atoms with Crippen LogP contribution in [0.4, 0.5) is 5.69 Å². The van der Waals surface area contributed by atoms with Crippen molar-refractivity contribution in [3.8, 4) is 0 Å². The van der Waals surface area contributed by atoms with E-state index in [0.29, 0.717) is 13.0 Å². The number of thiophene rings is 1. The maximum atomic E-state index is 12.4. The third kappa shape index (κ3) is 4.36. The molecule has 0 saturated carbocycles. The molecule has 1 saturated heterocycles. The van der Waals surface area contributed by atoms with Crippen LogP contribution in [0.25, 0.3) is 0 Å². The molecule has 27 heavy (non-hydrogen) atoms. The molecule has 5 heteroatoms. The zero-order chi connectivity index (χ0) is 18.6. The Balaban J connectivity index is 1.48. The van der Waals surface area contributed by atoms with E-state index in [9.17, 15) is 4.79 Å². The lowest BCUT2D eigenvalue weighted by Gasteiger charge is -2.32. The molecule has 0 unspecified atom stereocenters. The van der Waals surface area contributed by atoms with Crippen LogP contribution in [0.5, 0.6) is 0 Å². The summed E-state index contributed by atoms with van der Waals surface area (Å²) in [6.07, 6.45) is 5.38. The number of aryl methyl sites for hydroxylation is 1. The second-order valence-electron chi connectivity index (χ2n) is 7.73. The summed E-state index contributed by atoms with van der Waals surface area (Å²) in [5.41, 5.74) is 4.17. The standard InChI is InChI=1S/C22H29N3OS/c1-24-10-4-6-17-14-18(8-9-20(17)24)21(25-11-2-3-12-25)16-23-22(26)15-19-7-5-13-27-19/h5,7-9,13-14,21H,2-4,6,10-12,15-16H2,1H3,(H,23,26)/t21-/m0/s1. The van der Waals surface area contributed by atoms with E-state index in [0.717, 1.165) is 30.9 Å². The van der Waals surface area contributed by atoms with Gasteiger partial charge in [-0.15, -0.1) is 11.3 Å². The van der Waals surface area contributed by atoms with Gasteiger partial charge in [-0.2, -0.15) is 0 Å². The molecule has 2 aliphatic rings.